The second-order valence-electron chi connectivity index (χ2n) is 7.33. The fraction of sp³-hybridized carbons (Fsp3) is 0.120. The molecule has 0 fully saturated rings. The van der Waals surface area contributed by atoms with Crippen LogP contribution in [0.15, 0.2) is 85.2 Å². The highest BCUT2D eigenvalue weighted by atomic mass is 15.1. The Morgan fingerprint density at radius 3 is 2.00 bits per heavy atom. The monoisotopic (exact) mass is 395 g/mol. The highest BCUT2D eigenvalue weighted by Crippen LogP contribution is 2.32. The SMILES string of the molecule is Cc1ccc(C)c(Nc2ncnc(NC(c3ccccc3)c3ccccc3)c2N)c1. The van der Waals surface area contributed by atoms with Crippen LogP contribution in [0.25, 0.3) is 0 Å². The minimum atomic E-state index is -0.0850. The summed E-state index contributed by atoms with van der Waals surface area (Å²) in [4.78, 5) is 8.79. The zero-order valence-electron chi connectivity index (χ0n) is 17.1. The van der Waals surface area contributed by atoms with Crippen molar-refractivity contribution in [1.82, 2.24) is 9.97 Å². The lowest BCUT2D eigenvalue weighted by atomic mass is 9.99. The molecule has 1 aromatic heterocycles. The van der Waals surface area contributed by atoms with Crippen molar-refractivity contribution in [3.8, 4) is 0 Å². The Hall–Kier alpha value is -3.86. The average molecular weight is 396 g/mol. The maximum Gasteiger partial charge on any atom is 0.159 e. The fourth-order valence-electron chi connectivity index (χ4n) is 3.40. The van der Waals surface area contributed by atoms with Gasteiger partial charge >= 0.3 is 0 Å². The van der Waals surface area contributed by atoms with Crippen molar-refractivity contribution in [2.24, 2.45) is 0 Å². The molecule has 4 N–H and O–H groups in total. The number of hydrogen-bond donors (Lipinski definition) is 3. The Morgan fingerprint density at radius 2 is 1.37 bits per heavy atom. The van der Waals surface area contributed by atoms with Gasteiger partial charge in [-0.3, -0.25) is 0 Å². The minimum Gasteiger partial charge on any atom is -0.393 e. The van der Waals surface area contributed by atoms with E-state index in [0.717, 1.165) is 22.4 Å². The third-order valence-corrected chi connectivity index (χ3v) is 5.08. The van der Waals surface area contributed by atoms with Crippen LogP contribution in [0.5, 0.6) is 0 Å². The van der Waals surface area contributed by atoms with Crippen LogP contribution in [0.4, 0.5) is 23.0 Å². The van der Waals surface area contributed by atoms with Crippen molar-refractivity contribution in [2.45, 2.75) is 19.9 Å². The summed E-state index contributed by atoms with van der Waals surface area (Å²) in [6, 6.07) is 26.7. The largest absolute Gasteiger partial charge is 0.393 e. The number of nitrogens with one attached hydrogen (secondary N) is 2. The van der Waals surface area contributed by atoms with Crippen LogP contribution in [0, 0.1) is 13.8 Å². The molecule has 4 aromatic rings. The van der Waals surface area contributed by atoms with E-state index < -0.39 is 0 Å². The van der Waals surface area contributed by atoms with Gasteiger partial charge in [0.2, 0.25) is 0 Å². The summed E-state index contributed by atoms with van der Waals surface area (Å²) in [7, 11) is 0. The van der Waals surface area contributed by atoms with Gasteiger partial charge in [-0.05, 0) is 42.2 Å². The lowest BCUT2D eigenvalue weighted by Crippen LogP contribution is -2.15. The van der Waals surface area contributed by atoms with Crippen LogP contribution in [0.1, 0.15) is 28.3 Å². The molecule has 0 aliphatic carbocycles. The van der Waals surface area contributed by atoms with E-state index in [1.807, 2.05) is 36.4 Å². The van der Waals surface area contributed by atoms with Gasteiger partial charge in [-0.1, -0.05) is 72.8 Å². The number of benzene rings is 3. The molecule has 0 amide bonds. The van der Waals surface area contributed by atoms with E-state index in [4.69, 9.17) is 5.73 Å². The van der Waals surface area contributed by atoms with Crippen LogP contribution in [0.3, 0.4) is 0 Å². The summed E-state index contributed by atoms with van der Waals surface area (Å²) in [6.45, 7) is 4.12. The molecular formula is C25H25N5. The lowest BCUT2D eigenvalue weighted by molar-refractivity contribution is 0.924. The van der Waals surface area contributed by atoms with Gasteiger partial charge in [-0.15, -0.1) is 0 Å². The second-order valence-corrected chi connectivity index (χ2v) is 7.33. The number of hydrogen-bond acceptors (Lipinski definition) is 5. The highest BCUT2D eigenvalue weighted by Gasteiger charge is 2.17. The number of nitrogen functional groups attached to an aromatic ring is 1. The Labute approximate surface area is 177 Å². The average Bonchev–Trinajstić information content (AvgIpc) is 2.78. The predicted molar refractivity (Wildman–Crippen MR) is 124 cm³/mol. The quantitative estimate of drug-likeness (QED) is 0.395. The van der Waals surface area contributed by atoms with Gasteiger partial charge in [-0.2, -0.15) is 0 Å². The van der Waals surface area contributed by atoms with E-state index in [-0.39, 0.29) is 6.04 Å². The molecule has 0 aliphatic rings. The van der Waals surface area contributed by atoms with Crippen molar-refractivity contribution >= 4 is 23.0 Å². The van der Waals surface area contributed by atoms with Crippen LogP contribution in [0.2, 0.25) is 0 Å². The summed E-state index contributed by atoms with van der Waals surface area (Å²) in [5.74, 6) is 1.18. The standard InChI is InChI=1S/C25H25N5/c1-17-13-14-18(2)21(15-17)29-24-22(26)25(28-16-27-24)30-23(19-9-5-3-6-10-19)20-11-7-4-8-12-20/h3-16,23H,26H2,1-2H3,(H2,27,28,29,30). The van der Waals surface area contributed by atoms with Gasteiger partial charge < -0.3 is 16.4 Å². The number of rotatable bonds is 6. The highest BCUT2D eigenvalue weighted by molar-refractivity contribution is 5.79. The van der Waals surface area contributed by atoms with Crippen molar-refractivity contribution in [3.05, 3.63) is 107 Å². The number of nitrogens with zero attached hydrogens (tertiary/aromatic N) is 2. The summed E-state index contributed by atoms with van der Waals surface area (Å²) in [5, 5.41) is 6.87. The normalized spacial score (nSPS) is 10.8. The maximum absolute atomic E-state index is 6.47. The lowest BCUT2D eigenvalue weighted by Gasteiger charge is -2.22. The van der Waals surface area contributed by atoms with E-state index in [2.05, 4.69) is 76.9 Å². The summed E-state index contributed by atoms with van der Waals surface area (Å²) in [6.07, 6.45) is 1.53. The first kappa shape index (κ1) is 19.5. The van der Waals surface area contributed by atoms with Crippen LogP contribution in [-0.2, 0) is 0 Å². The van der Waals surface area contributed by atoms with E-state index in [1.165, 1.54) is 11.9 Å². The number of aromatic nitrogens is 2. The van der Waals surface area contributed by atoms with Gasteiger partial charge in [-0.25, -0.2) is 9.97 Å². The molecule has 0 bridgehead atoms. The fourth-order valence-corrected chi connectivity index (χ4v) is 3.40. The Kier molecular flexibility index (Phi) is 5.61. The van der Waals surface area contributed by atoms with E-state index in [0.29, 0.717) is 17.3 Å². The molecule has 0 atom stereocenters. The van der Waals surface area contributed by atoms with Gasteiger partial charge in [0.25, 0.3) is 0 Å². The van der Waals surface area contributed by atoms with E-state index in [9.17, 15) is 0 Å². The first-order valence-corrected chi connectivity index (χ1v) is 9.93. The summed E-state index contributed by atoms with van der Waals surface area (Å²) < 4.78 is 0. The minimum absolute atomic E-state index is 0.0850. The molecule has 0 spiro atoms. The molecule has 0 saturated heterocycles. The zero-order valence-corrected chi connectivity index (χ0v) is 17.1. The van der Waals surface area contributed by atoms with Crippen LogP contribution < -0.4 is 16.4 Å². The Morgan fingerprint density at radius 1 is 0.767 bits per heavy atom. The number of anilines is 4. The van der Waals surface area contributed by atoms with Crippen molar-refractivity contribution in [2.75, 3.05) is 16.4 Å². The molecular weight excluding hydrogens is 370 g/mol. The molecule has 4 rings (SSSR count). The van der Waals surface area contributed by atoms with Crippen LogP contribution >= 0.6 is 0 Å². The van der Waals surface area contributed by atoms with Gasteiger partial charge in [0.05, 0.1) is 6.04 Å². The van der Waals surface area contributed by atoms with Crippen LogP contribution in [-0.4, -0.2) is 9.97 Å². The first-order chi connectivity index (χ1) is 14.6. The second kappa shape index (κ2) is 8.66. The van der Waals surface area contributed by atoms with Gasteiger partial charge in [0.1, 0.15) is 12.0 Å². The molecule has 0 unspecified atom stereocenters. The Bertz CT molecular complexity index is 1090. The maximum atomic E-state index is 6.47. The third kappa shape index (κ3) is 4.25. The predicted octanol–water partition coefficient (Wildman–Crippen LogP) is 5.62. The van der Waals surface area contributed by atoms with Crippen molar-refractivity contribution in [1.29, 1.82) is 0 Å². The van der Waals surface area contributed by atoms with E-state index >= 15 is 0 Å². The summed E-state index contributed by atoms with van der Waals surface area (Å²) >= 11 is 0. The molecule has 0 aliphatic heterocycles. The topological polar surface area (TPSA) is 75.9 Å². The Balaban J connectivity index is 1.68. The first-order valence-electron chi connectivity index (χ1n) is 9.93. The molecule has 1 heterocycles. The molecule has 0 radical (unpaired) electrons. The van der Waals surface area contributed by atoms with Crippen molar-refractivity contribution < 1.29 is 0 Å². The van der Waals surface area contributed by atoms with Gasteiger partial charge in [0.15, 0.2) is 11.6 Å². The zero-order chi connectivity index (χ0) is 20.9. The smallest absolute Gasteiger partial charge is 0.159 e. The summed E-state index contributed by atoms with van der Waals surface area (Å²) in [5.41, 5.74) is 12.5. The number of aryl methyl sites for hydroxylation is 2. The third-order valence-electron chi connectivity index (χ3n) is 5.08. The molecule has 5 nitrogen and oxygen atoms in total. The van der Waals surface area contributed by atoms with Gasteiger partial charge in [0, 0.05) is 5.69 Å². The molecule has 30 heavy (non-hydrogen) atoms. The molecule has 5 heteroatoms. The van der Waals surface area contributed by atoms with E-state index in [1.54, 1.807) is 0 Å². The molecule has 3 aromatic carbocycles. The van der Waals surface area contributed by atoms with Crippen molar-refractivity contribution in [3.63, 3.8) is 0 Å². The number of nitrogens with two attached hydrogens (primary N) is 1. The molecule has 0 saturated carbocycles. The molecule has 150 valence electrons.